The highest BCUT2D eigenvalue weighted by Crippen LogP contribution is 2.46. The Morgan fingerprint density at radius 3 is 1.20 bits per heavy atom. The van der Waals surface area contributed by atoms with Gasteiger partial charge in [-0.2, -0.15) is 0 Å². The molecular weight excluding hydrogens is 544 g/mol. The van der Waals surface area contributed by atoms with Crippen molar-refractivity contribution < 1.29 is 37.5 Å². The smallest absolute Gasteiger partial charge is 0.241 e. The molecule has 0 spiro atoms. The van der Waals surface area contributed by atoms with Crippen LogP contribution >= 0.6 is 0 Å². The summed E-state index contributed by atoms with van der Waals surface area (Å²) in [6.07, 6.45) is 2.96. The summed E-state index contributed by atoms with van der Waals surface area (Å²) < 4.78 is 23.8. The molecule has 5 rings (SSSR count). The van der Waals surface area contributed by atoms with Gasteiger partial charge in [-0.1, -0.05) is 0 Å². The fourth-order valence-electron chi connectivity index (χ4n) is 6.57. The topological polar surface area (TPSA) is 105 Å². The van der Waals surface area contributed by atoms with E-state index in [9.17, 15) is 19.2 Å². The van der Waals surface area contributed by atoms with E-state index in [1.165, 1.54) is 26.4 Å². The normalized spacial score (nSPS) is 30.0. The number of ketones is 4. The Kier molecular flexibility index (Phi) is 7.22. The number of fused-ring (bicyclic) bond motifs is 4. The molecule has 6 unspecified atom stereocenters. The molecule has 10 heteroatoms. The molecule has 0 aromatic heterocycles. The molecule has 8 nitrogen and oxygen atoms in total. The van der Waals surface area contributed by atoms with E-state index in [0.29, 0.717) is 24.4 Å². The van der Waals surface area contributed by atoms with E-state index in [2.05, 4.69) is 39.3 Å². The van der Waals surface area contributed by atoms with E-state index in [4.69, 9.17) is 18.3 Å². The molecule has 0 saturated carbocycles. The quantitative estimate of drug-likeness (QED) is 0.421. The van der Waals surface area contributed by atoms with Crippen molar-refractivity contribution in [3.8, 4) is 0 Å². The number of benzene rings is 1. The molecule has 0 saturated heterocycles. The lowest BCUT2D eigenvalue weighted by Crippen LogP contribution is -2.48. The lowest BCUT2D eigenvalue weighted by atomic mass is 9.64. The summed E-state index contributed by atoms with van der Waals surface area (Å²) >= 11 is 0. The molecule has 0 amide bonds. The number of rotatable bonds is 6. The maximum Gasteiger partial charge on any atom is 0.241 e. The van der Waals surface area contributed by atoms with Crippen molar-refractivity contribution in [1.82, 2.24) is 0 Å². The first kappa shape index (κ1) is 28.8. The van der Waals surface area contributed by atoms with Crippen LogP contribution in [0.1, 0.15) is 54.3 Å². The summed E-state index contributed by atoms with van der Waals surface area (Å²) in [5.74, 6) is -2.38. The first-order valence-electron chi connectivity index (χ1n) is 13.8. The molecule has 0 N–H and O–H groups in total. The second-order valence-electron chi connectivity index (χ2n) is 13.2. The standard InChI is InChI=1S/C30H38O8Si2/c1-35-23-11-15(37-39(3,4)5)9-21-25(23)29(33)19-13-18-20(14-17(19)27(21)31)30(34)26-22(28(18)32)10-16(12-24(26)36-2)38-40(6,7)8/h11-14,21-26H,9-10H2,1-8H3. The Labute approximate surface area is 237 Å². The summed E-state index contributed by atoms with van der Waals surface area (Å²) in [5.41, 5.74) is 0.749. The van der Waals surface area contributed by atoms with Gasteiger partial charge in [-0.15, -0.1) is 0 Å². The number of carbonyl (C=O) groups is 4. The summed E-state index contributed by atoms with van der Waals surface area (Å²) in [6, 6.07) is 2.95. The zero-order chi connectivity index (χ0) is 29.3. The van der Waals surface area contributed by atoms with Gasteiger partial charge in [0, 0.05) is 61.2 Å². The number of carbonyl (C=O) groups excluding carboxylic acids is 4. The van der Waals surface area contributed by atoms with Gasteiger partial charge in [-0.25, -0.2) is 0 Å². The molecule has 6 atom stereocenters. The first-order valence-corrected chi connectivity index (χ1v) is 20.6. The lowest BCUT2D eigenvalue weighted by molar-refractivity contribution is 0.0318. The predicted octanol–water partition coefficient (Wildman–Crippen LogP) is 5.22. The van der Waals surface area contributed by atoms with E-state index in [1.807, 2.05) is 12.2 Å². The third-order valence-corrected chi connectivity index (χ3v) is 9.78. The van der Waals surface area contributed by atoms with E-state index < -0.39 is 52.5 Å². The highest BCUT2D eigenvalue weighted by Gasteiger charge is 2.52. The summed E-state index contributed by atoms with van der Waals surface area (Å²) in [4.78, 5) is 55.6. The van der Waals surface area contributed by atoms with Gasteiger partial charge in [-0.05, 0) is 63.6 Å². The van der Waals surface area contributed by atoms with Gasteiger partial charge >= 0.3 is 0 Å². The van der Waals surface area contributed by atoms with Crippen LogP contribution in [0, 0.1) is 23.7 Å². The molecule has 0 radical (unpaired) electrons. The molecule has 0 bridgehead atoms. The fraction of sp³-hybridized carbons (Fsp3) is 0.533. The molecule has 1 aromatic rings. The fourth-order valence-corrected chi connectivity index (χ4v) is 8.45. The van der Waals surface area contributed by atoms with Gasteiger partial charge in [0.25, 0.3) is 0 Å². The van der Waals surface area contributed by atoms with Gasteiger partial charge in [0.15, 0.2) is 23.1 Å². The monoisotopic (exact) mass is 582 g/mol. The molecule has 4 aliphatic rings. The molecule has 214 valence electrons. The van der Waals surface area contributed by atoms with Crippen LogP contribution in [-0.4, -0.2) is 66.2 Å². The molecule has 0 aliphatic heterocycles. The summed E-state index contributed by atoms with van der Waals surface area (Å²) in [7, 11) is -0.893. The van der Waals surface area contributed by atoms with Crippen LogP contribution in [-0.2, 0) is 18.3 Å². The zero-order valence-corrected chi connectivity index (χ0v) is 26.5. The van der Waals surface area contributed by atoms with Crippen molar-refractivity contribution in [2.45, 2.75) is 64.3 Å². The lowest BCUT2D eigenvalue weighted by Gasteiger charge is -2.41. The van der Waals surface area contributed by atoms with Gasteiger partial charge in [0.05, 0.1) is 35.6 Å². The van der Waals surface area contributed by atoms with Gasteiger partial charge in [0.1, 0.15) is 0 Å². The molecule has 40 heavy (non-hydrogen) atoms. The van der Waals surface area contributed by atoms with Crippen LogP contribution in [0.15, 0.2) is 35.8 Å². The van der Waals surface area contributed by atoms with Crippen molar-refractivity contribution in [2.24, 2.45) is 23.7 Å². The average molecular weight is 583 g/mol. The number of allylic oxidation sites excluding steroid dienone is 2. The maximum atomic E-state index is 13.9. The molecule has 1 aromatic carbocycles. The minimum Gasteiger partial charge on any atom is -0.547 e. The van der Waals surface area contributed by atoms with E-state index in [-0.39, 0.29) is 45.4 Å². The number of ether oxygens (including phenoxy) is 2. The number of hydrogen-bond donors (Lipinski definition) is 0. The van der Waals surface area contributed by atoms with E-state index in [1.54, 1.807) is 0 Å². The third kappa shape index (κ3) is 4.99. The Hall–Kier alpha value is -2.67. The highest BCUT2D eigenvalue weighted by atomic mass is 28.4. The second-order valence-corrected chi connectivity index (χ2v) is 22.0. The average Bonchev–Trinajstić information content (AvgIpc) is 2.86. The van der Waals surface area contributed by atoms with Crippen molar-refractivity contribution in [2.75, 3.05) is 14.2 Å². The van der Waals surface area contributed by atoms with Crippen LogP contribution in [0.4, 0.5) is 0 Å². The molecule has 0 fully saturated rings. The number of hydrogen-bond acceptors (Lipinski definition) is 8. The second kappa shape index (κ2) is 10.0. The van der Waals surface area contributed by atoms with Crippen LogP contribution in [0.25, 0.3) is 0 Å². The Bertz CT molecular complexity index is 1260. The Morgan fingerprint density at radius 1 is 0.575 bits per heavy atom. The van der Waals surface area contributed by atoms with Crippen LogP contribution in [0.2, 0.25) is 39.3 Å². The maximum absolute atomic E-state index is 13.9. The SMILES string of the molecule is COC1C=C(O[Si](C)(C)C)CC2C(=O)c3cc4c(cc3C(=O)C12)C(=O)C1CC(O[Si](C)(C)C)=CC(OC)C1C4=O. The summed E-state index contributed by atoms with van der Waals surface area (Å²) in [6.45, 7) is 12.3. The molecule has 4 aliphatic carbocycles. The number of methoxy groups -OCH3 is 2. The van der Waals surface area contributed by atoms with E-state index in [0.717, 1.165) is 0 Å². The van der Waals surface area contributed by atoms with Gasteiger partial charge < -0.3 is 18.3 Å². The van der Waals surface area contributed by atoms with Gasteiger partial charge in [-0.3, -0.25) is 19.2 Å². The summed E-state index contributed by atoms with van der Waals surface area (Å²) in [5, 5.41) is 0. The van der Waals surface area contributed by atoms with Gasteiger partial charge in [0.2, 0.25) is 16.6 Å². The first-order chi connectivity index (χ1) is 18.6. The van der Waals surface area contributed by atoms with Crippen molar-refractivity contribution >= 4 is 39.8 Å². The number of Topliss-reactive ketones (excluding diaryl/α,β-unsaturated/α-hetero) is 4. The Balaban J connectivity index is 1.55. The van der Waals surface area contributed by atoms with Crippen molar-refractivity contribution in [3.05, 3.63) is 58.1 Å². The van der Waals surface area contributed by atoms with Crippen LogP contribution in [0.3, 0.4) is 0 Å². The minimum atomic E-state index is -1.96. The largest absolute Gasteiger partial charge is 0.547 e. The zero-order valence-electron chi connectivity index (χ0n) is 24.5. The van der Waals surface area contributed by atoms with E-state index >= 15 is 0 Å². The predicted molar refractivity (Wildman–Crippen MR) is 154 cm³/mol. The highest BCUT2D eigenvalue weighted by molar-refractivity contribution is 6.70. The minimum absolute atomic E-state index is 0.183. The molecular formula is C30H38O8Si2. The van der Waals surface area contributed by atoms with Crippen LogP contribution in [0.5, 0.6) is 0 Å². The third-order valence-electron chi connectivity index (χ3n) is 8.03. The van der Waals surface area contributed by atoms with Crippen LogP contribution < -0.4 is 0 Å². The Morgan fingerprint density at radius 2 is 0.900 bits per heavy atom. The van der Waals surface area contributed by atoms with Crippen molar-refractivity contribution in [3.63, 3.8) is 0 Å². The molecule has 0 heterocycles. The van der Waals surface area contributed by atoms with Crippen molar-refractivity contribution in [1.29, 1.82) is 0 Å².